The Morgan fingerprint density at radius 3 is 2.31 bits per heavy atom. The number of hydrogen-bond donors (Lipinski definition) is 12. The van der Waals surface area contributed by atoms with E-state index in [0.717, 1.165) is 6.42 Å². The summed E-state index contributed by atoms with van der Waals surface area (Å²) in [4.78, 5) is 0. The summed E-state index contributed by atoms with van der Waals surface area (Å²) in [5.41, 5.74) is 24.1. The van der Waals surface area contributed by atoms with Crippen molar-refractivity contribution in [2.24, 2.45) is 28.9 Å². The van der Waals surface area contributed by atoms with Gasteiger partial charge in [0, 0.05) is 50.1 Å². The number of nitrogens with one attached hydrogen (secondary N) is 2. The molecule has 39 heavy (non-hydrogen) atoms. The van der Waals surface area contributed by atoms with E-state index in [1.165, 1.54) is 0 Å². The van der Waals surface area contributed by atoms with Gasteiger partial charge in [0.1, 0.15) is 18.3 Å². The van der Waals surface area contributed by atoms with Gasteiger partial charge in [0.25, 0.3) is 0 Å². The molecule has 3 fully saturated rings. The zero-order valence-electron chi connectivity index (χ0n) is 22.4. The minimum atomic E-state index is -1.24. The summed E-state index contributed by atoms with van der Waals surface area (Å²) in [6.45, 7) is 1.23. The molecule has 0 amide bonds. The van der Waals surface area contributed by atoms with Crippen LogP contribution in [0.4, 0.5) is 0 Å². The summed E-state index contributed by atoms with van der Waals surface area (Å²) in [5.74, 6) is -0.693. The lowest BCUT2D eigenvalue weighted by atomic mass is 9.72. The maximum atomic E-state index is 11.7. The van der Waals surface area contributed by atoms with Gasteiger partial charge in [-0.3, -0.25) is 0 Å². The van der Waals surface area contributed by atoms with Gasteiger partial charge in [-0.25, -0.2) is 0 Å². The maximum absolute atomic E-state index is 11.7. The summed E-state index contributed by atoms with van der Waals surface area (Å²) in [6.07, 6.45) is -8.42. The van der Waals surface area contributed by atoms with Crippen LogP contribution in [0.15, 0.2) is 0 Å². The Bertz CT molecular complexity index is 717. The first-order chi connectivity index (χ1) is 18.6. The molecule has 3 rings (SSSR count). The first-order valence-corrected chi connectivity index (χ1v) is 13.9. The zero-order valence-corrected chi connectivity index (χ0v) is 22.4. The molecular formula is C24H50N6O9. The molecule has 2 saturated heterocycles. The van der Waals surface area contributed by atoms with Crippen molar-refractivity contribution >= 4 is 0 Å². The number of aliphatic hydroxyl groups is 6. The second kappa shape index (κ2) is 15.6. The Balaban J connectivity index is 1.78. The van der Waals surface area contributed by atoms with Gasteiger partial charge >= 0.3 is 0 Å². The molecule has 16 N–H and O–H groups in total. The number of hydrogen-bond acceptors (Lipinski definition) is 15. The van der Waals surface area contributed by atoms with E-state index in [-0.39, 0.29) is 25.9 Å². The molecule has 1 saturated carbocycles. The second-order valence-electron chi connectivity index (χ2n) is 11.0. The highest BCUT2D eigenvalue weighted by Crippen LogP contribution is 2.36. The Kier molecular flexibility index (Phi) is 13.1. The zero-order chi connectivity index (χ0) is 28.7. The van der Waals surface area contributed by atoms with E-state index in [1.807, 2.05) is 0 Å². The lowest BCUT2D eigenvalue weighted by Gasteiger charge is -2.51. The summed E-state index contributed by atoms with van der Waals surface area (Å²) in [5, 5.41) is 68.8. The second-order valence-corrected chi connectivity index (χ2v) is 11.0. The predicted molar refractivity (Wildman–Crippen MR) is 140 cm³/mol. The lowest BCUT2D eigenvalue weighted by molar-refractivity contribution is -0.302. The SMILES string of the molecule is NCCCNCC1OC(C2C(N)CC(NCC(O)CN)C(OC3OC(CO)C(O)CC3O)C2O)C(N)CC1O. The van der Waals surface area contributed by atoms with Crippen molar-refractivity contribution in [2.45, 2.75) is 105 Å². The van der Waals surface area contributed by atoms with Crippen molar-refractivity contribution in [1.82, 2.24) is 10.6 Å². The highest BCUT2D eigenvalue weighted by Gasteiger charge is 2.52. The van der Waals surface area contributed by atoms with Crippen molar-refractivity contribution in [3.63, 3.8) is 0 Å². The Labute approximate surface area is 229 Å². The Hall–Kier alpha value is -0.600. The first-order valence-electron chi connectivity index (χ1n) is 13.9. The minimum Gasteiger partial charge on any atom is -0.394 e. The van der Waals surface area contributed by atoms with E-state index < -0.39 is 91.9 Å². The largest absolute Gasteiger partial charge is 0.394 e. The summed E-state index contributed by atoms with van der Waals surface area (Å²) >= 11 is 0. The molecule has 14 unspecified atom stereocenters. The van der Waals surface area contributed by atoms with Crippen LogP contribution in [-0.4, -0.2) is 149 Å². The van der Waals surface area contributed by atoms with Crippen LogP contribution in [0.2, 0.25) is 0 Å². The number of nitrogens with two attached hydrogens (primary N) is 4. The van der Waals surface area contributed by atoms with Gasteiger partial charge in [-0.1, -0.05) is 0 Å². The summed E-state index contributed by atoms with van der Waals surface area (Å²) in [6, 6.07) is -1.77. The first kappa shape index (κ1) is 32.9. The molecule has 3 aliphatic rings. The molecule has 230 valence electrons. The standard InChI is InChI=1S/C24H50N6O9/c25-2-1-3-29-9-18-15(33)5-13(28)22(37-18)20-12(27)4-14(30-8-11(32)7-26)23(21(20)36)39-24-17(35)6-16(34)19(10-31)38-24/h11-24,29-36H,1-10,25-28H2. The van der Waals surface area contributed by atoms with E-state index in [2.05, 4.69) is 10.6 Å². The van der Waals surface area contributed by atoms with Crippen LogP contribution in [0, 0.1) is 5.92 Å². The van der Waals surface area contributed by atoms with Gasteiger partial charge in [-0.2, -0.15) is 0 Å². The average molecular weight is 567 g/mol. The molecule has 0 aromatic carbocycles. The Morgan fingerprint density at radius 1 is 0.923 bits per heavy atom. The highest BCUT2D eigenvalue weighted by atomic mass is 16.7. The van der Waals surface area contributed by atoms with Crippen LogP contribution < -0.4 is 33.6 Å². The Morgan fingerprint density at radius 2 is 1.64 bits per heavy atom. The van der Waals surface area contributed by atoms with Crippen LogP contribution in [0.1, 0.15) is 25.7 Å². The number of ether oxygens (including phenoxy) is 3. The summed E-state index contributed by atoms with van der Waals surface area (Å²) < 4.78 is 18.0. The molecule has 0 bridgehead atoms. The van der Waals surface area contributed by atoms with Gasteiger partial charge in [0.05, 0.1) is 43.2 Å². The molecule has 2 aliphatic heterocycles. The molecular weight excluding hydrogens is 516 g/mol. The smallest absolute Gasteiger partial charge is 0.184 e. The van der Waals surface area contributed by atoms with E-state index >= 15 is 0 Å². The third kappa shape index (κ3) is 8.47. The van der Waals surface area contributed by atoms with Crippen molar-refractivity contribution in [3.8, 4) is 0 Å². The lowest BCUT2D eigenvalue weighted by Crippen LogP contribution is -2.68. The predicted octanol–water partition coefficient (Wildman–Crippen LogP) is -6.03. The highest BCUT2D eigenvalue weighted by molar-refractivity contribution is 5.05. The van der Waals surface area contributed by atoms with Crippen LogP contribution in [0.3, 0.4) is 0 Å². The van der Waals surface area contributed by atoms with Gasteiger partial charge in [-0.15, -0.1) is 0 Å². The number of aliphatic hydroxyl groups excluding tert-OH is 6. The number of rotatable bonds is 13. The third-order valence-corrected chi connectivity index (χ3v) is 8.02. The van der Waals surface area contributed by atoms with E-state index in [1.54, 1.807) is 0 Å². The molecule has 0 spiro atoms. The van der Waals surface area contributed by atoms with E-state index in [0.29, 0.717) is 26.1 Å². The monoisotopic (exact) mass is 566 g/mol. The molecule has 15 nitrogen and oxygen atoms in total. The molecule has 0 aromatic rings. The average Bonchev–Trinajstić information content (AvgIpc) is 2.90. The van der Waals surface area contributed by atoms with E-state index in [4.69, 9.17) is 37.1 Å². The van der Waals surface area contributed by atoms with E-state index in [9.17, 15) is 30.6 Å². The van der Waals surface area contributed by atoms with Crippen LogP contribution >= 0.6 is 0 Å². The van der Waals surface area contributed by atoms with Crippen molar-refractivity contribution < 1.29 is 44.8 Å². The van der Waals surface area contributed by atoms with Gasteiger partial charge in [0.15, 0.2) is 6.29 Å². The molecule has 0 aromatic heterocycles. The molecule has 2 heterocycles. The quantitative estimate of drug-likeness (QED) is 0.0924. The van der Waals surface area contributed by atoms with Crippen LogP contribution in [0.25, 0.3) is 0 Å². The van der Waals surface area contributed by atoms with Crippen molar-refractivity contribution in [1.29, 1.82) is 0 Å². The fourth-order valence-electron chi connectivity index (χ4n) is 5.77. The van der Waals surface area contributed by atoms with Gasteiger partial charge in [0.2, 0.25) is 0 Å². The minimum absolute atomic E-state index is 0.0246. The maximum Gasteiger partial charge on any atom is 0.184 e. The molecule has 0 radical (unpaired) electrons. The van der Waals surface area contributed by atoms with Gasteiger partial charge < -0.3 is 78.4 Å². The van der Waals surface area contributed by atoms with Gasteiger partial charge in [-0.05, 0) is 32.4 Å². The molecule has 1 aliphatic carbocycles. The molecule has 15 heteroatoms. The topological polar surface area (TPSA) is 277 Å². The molecule has 14 atom stereocenters. The van der Waals surface area contributed by atoms with Crippen LogP contribution in [0.5, 0.6) is 0 Å². The van der Waals surface area contributed by atoms with Crippen molar-refractivity contribution in [2.75, 3.05) is 39.3 Å². The fraction of sp³-hybridized carbons (Fsp3) is 1.00. The van der Waals surface area contributed by atoms with Crippen molar-refractivity contribution in [3.05, 3.63) is 0 Å². The third-order valence-electron chi connectivity index (χ3n) is 8.02. The summed E-state index contributed by atoms with van der Waals surface area (Å²) in [7, 11) is 0. The fourth-order valence-corrected chi connectivity index (χ4v) is 5.77. The normalized spacial score (nSPS) is 44.3. The van der Waals surface area contributed by atoms with Crippen LogP contribution in [-0.2, 0) is 14.2 Å².